The van der Waals surface area contributed by atoms with Gasteiger partial charge in [-0.1, -0.05) is 12.1 Å². The van der Waals surface area contributed by atoms with E-state index in [0.717, 1.165) is 19.2 Å². The first-order valence-electron chi connectivity index (χ1n) is 7.13. The first-order chi connectivity index (χ1) is 9.94. The summed E-state index contributed by atoms with van der Waals surface area (Å²) in [5, 5.41) is 3.20. The minimum Gasteiger partial charge on any atom is -0.317 e. The van der Waals surface area contributed by atoms with Gasteiger partial charge < -0.3 is 10.2 Å². The Bertz CT molecular complexity index is 550. The predicted molar refractivity (Wildman–Crippen MR) is 73.0 cm³/mol. The van der Waals surface area contributed by atoms with E-state index in [4.69, 9.17) is 0 Å². The summed E-state index contributed by atoms with van der Waals surface area (Å²) in [5.41, 5.74) is -1.21. The number of anilines is 1. The van der Waals surface area contributed by atoms with Gasteiger partial charge in [0, 0.05) is 6.54 Å². The molecule has 0 aliphatic carbocycles. The van der Waals surface area contributed by atoms with E-state index in [0.29, 0.717) is 25.8 Å². The van der Waals surface area contributed by atoms with Crippen LogP contribution in [0.1, 0.15) is 24.8 Å². The Morgan fingerprint density at radius 1 is 1.10 bits per heavy atom. The van der Waals surface area contributed by atoms with Crippen molar-refractivity contribution in [2.24, 2.45) is 5.41 Å². The predicted octanol–water partition coefficient (Wildman–Crippen LogP) is 2.81. The summed E-state index contributed by atoms with van der Waals surface area (Å²) in [7, 11) is 0. The van der Waals surface area contributed by atoms with Crippen LogP contribution in [0.15, 0.2) is 24.3 Å². The van der Waals surface area contributed by atoms with Gasteiger partial charge in [0.25, 0.3) is 0 Å². The van der Waals surface area contributed by atoms with E-state index < -0.39 is 17.2 Å². The minimum absolute atomic E-state index is 0.00888. The normalized spacial score (nSPS) is 22.0. The Morgan fingerprint density at radius 2 is 1.76 bits per heavy atom. The lowest BCUT2D eigenvalue weighted by molar-refractivity contribution is -0.137. The number of para-hydroxylation sites is 1. The van der Waals surface area contributed by atoms with Crippen molar-refractivity contribution in [3.05, 3.63) is 29.8 Å². The smallest absolute Gasteiger partial charge is 0.317 e. The molecular weight excluding hydrogens is 281 g/mol. The van der Waals surface area contributed by atoms with Crippen molar-refractivity contribution in [2.75, 3.05) is 24.5 Å². The molecule has 1 amide bonds. The number of benzene rings is 1. The van der Waals surface area contributed by atoms with E-state index >= 15 is 0 Å². The molecule has 21 heavy (non-hydrogen) atoms. The zero-order valence-electron chi connectivity index (χ0n) is 11.5. The van der Waals surface area contributed by atoms with Crippen molar-refractivity contribution in [1.29, 1.82) is 0 Å². The highest BCUT2D eigenvalue weighted by atomic mass is 19.4. The number of hydrogen-bond donors (Lipinski definition) is 1. The van der Waals surface area contributed by atoms with Crippen LogP contribution >= 0.6 is 0 Å². The number of halogens is 3. The Labute approximate surface area is 121 Å². The number of piperidine rings is 1. The maximum absolute atomic E-state index is 13.1. The average Bonchev–Trinajstić information content (AvgIpc) is 2.76. The van der Waals surface area contributed by atoms with Crippen molar-refractivity contribution in [3.63, 3.8) is 0 Å². The number of alkyl halides is 3. The van der Waals surface area contributed by atoms with Crippen LogP contribution < -0.4 is 10.2 Å². The van der Waals surface area contributed by atoms with Gasteiger partial charge in [-0.25, -0.2) is 0 Å². The first kappa shape index (κ1) is 14.4. The molecule has 1 spiro atoms. The van der Waals surface area contributed by atoms with Gasteiger partial charge in [0.05, 0.1) is 16.7 Å². The van der Waals surface area contributed by atoms with E-state index in [1.165, 1.54) is 17.0 Å². The number of carbonyl (C=O) groups excluding carboxylic acids is 1. The van der Waals surface area contributed by atoms with Crippen LogP contribution in [-0.4, -0.2) is 25.5 Å². The van der Waals surface area contributed by atoms with Crippen LogP contribution in [-0.2, 0) is 11.0 Å². The third-order valence-corrected chi connectivity index (χ3v) is 4.57. The third-order valence-electron chi connectivity index (χ3n) is 4.57. The summed E-state index contributed by atoms with van der Waals surface area (Å²) in [6.07, 6.45) is -2.40. The average molecular weight is 298 g/mol. The second-order valence-corrected chi connectivity index (χ2v) is 5.75. The second kappa shape index (κ2) is 5.02. The lowest BCUT2D eigenvalue weighted by atomic mass is 9.77. The summed E-state index contributed by atoms with van der Waals surface area (Å²) in [6, 6.07) is 5.33. The Kier molecular flexibility index (Phi) is 3.43. The summed E-state index contributed by atoms with van der Waals surface area (Å²) in [6.45, 7) is 1.87. The van der Waals surface area contributed by atoms with Crippen LogP contribution in [0.2, 0.25) is 0 Å². The van der Waals surface area contributed by atoms with Gasteiger partial charge in [-0.05, 0) is 44.5 Å². The van der Waals surface area contributed by atoms with Crippen LogP contribution in [0.4, 0.5) is 18.9 Å². The monoisotopic (exact) mass is 298 g/mol. The van der Waals surface area contributed by atoms with Gasteiger partial charge in [0.2, 0.25) is 5.91 Å². The standard InChI is InChI=1S/C15H17F3N2O/c16-15(17,18)11-3-1-2-4-12(11)20-10-7-14(13(20)21)5-8-19-9-6-14/h1-4,19H,5-10H2. The molecule has 2 fully saturated rings. The summed E-state index contributed by atoms with van der Waals surface area (Å²) >= 11 is 0. The van der Waals surface area contributed by atoms with Crippen molar-refractivity contribution >= 4 is 11.6 Å². The lowest BCUT2D eigenvalue weighted by Gasteiger charge is -2.32. The third kappa shape index (κ3) is 2.41. The molecular formula is C15H17F3N2O. The number of rotatable bonds is 1. The Morgan fingerprint density at radius 3 is 2.43 bits per heavy atom. The molecule has 1 aromatic rings. The molecule has 114 valence electrons. The highest BCUT2D eigenvalue weighted by molar-refractivity contribution is 6.00. The molecule has 3 nitrogen and oxygen atoms in total. The number of nitrogens with zero attached hydrogens (tertiary/aromatic N) is 1. The molecule has 0 unspecified atom stereocenters. The topological polar surface area (TPSA) is 32.3 Å². The fraction of sp³-hybridized carbons (Fsp3) is 0.533. The highest BCUT2D eigenvalue weighted by Gasteiger charge is 2.48. The zero-order chi connectivity index (χ0) is 15.1. The maximum atomic E-state index is 13.1. The summed E-state index contributed by atoms with van der Waals surface area (Å²) in [5.74, 6) is -0.152. The van der Waals surface area contributed by atoms with Gasteiger partial charge in [-0.2, -0.15) is 13.2 Å². The van der Waals surface area contributed by atoms with E-state index in [1.54, 1.807) is 6.07 Å². The van der Waals surface area contributed by atoms with E-state index in [-0.39, 0.29) is 11.6 Å². The van der Waals surface area contributed by atoms with Gasteiger partial charge in [-0.3, -0.25) is 4.79 Å². The summed E-state index contributed by atoms with van der Waals surface area (Å²) in [4.78, 5) is 14.0. The molecule has 1 aromatic carbocycles. The van der Waals surface area contributed by atoms with Gasteiger partial charge >= 0.3 is 6.18 Å². The molecule has 6 heteroatoms. The van der Waals surface area contributed by atoms with E-state index in [1.807, 2.05) is 0 Å². The largest absolute Gasteiger partial charge is 0.418 e. The Hall–Kier alpha value is -1.56. The number of carbonyl (C=O) groups is 1. The molecule has 2 aliphatic heterocycles. The fourth-order valence-corrected chi connectivity index (χ4v) is 3.37. The van der Waals surface area contributed by atoms with Gasteiger partial charge in [0.1, 0.15) is 0 Å². The second-order valence-electron chi connectivity index (χ2n) is 5.75. The molecule has 3 rings (SSSR count). The van der Waals surface area contributed by atoms with Crippen molar-refractivity contribution in [2.45, 2.75) is 25.4 Å². The lowest BCUT2D eigenvalue weighted by Crippen LogP contribution is -2.43. The molecule has 0 radical (unpaired) electrons. The highest BCUT2D eigenvalue weighted by Crippen LogP contribution is 2.44. The van der Waals surface area contributed by atoms with Crippen LogP contribution in [0.5, 0.6) is 0 Å². The van der Waals surface area contributed by atoms with Crippen molar-refractivity contribution in [3.8, 4) is 0 Å². The number of amides is 1. The van der Waals surface area contributed by atoms with E-state index in [9.17, 15) is 18.0 Å². The van der Waals surface area contributed by atoms with Crippen LogP contribution in [0, 0.1) is 5.41 Å². The minimum atomic E-state index is -4.44. The maximum Gasteiger partial charge on any atom is 0.418 e. The quantitative estimate of drug-likeness (QED) is 0.864. The number of hydrogen-bond acceptors (Lipinski definition) is 2. The van der Waals surface area contributed by atoms with Gasteiger partial charge in [-0.15, -0.1) is 0 Å². The van der Waals surface area contributed by atoms with Crippen molar-refractivity contribution in [1.82, 2.24) is 5.32 Å². The molecule has 0 bridgehead atoms. The van der Waals surface area contributed by atoms with Crippen LogP contribution in [0.25, 0.3) is 0 Å². The van der Waals surface area contributed by atoms with Crippen molar-refractivity contribution < 1.29 is 18.0 Å². The van der Waals surface area contributed by atoms with Crippen LogP contribution in [0.3, 0.4) is 0 Å². The summed E-state index contributed by atoms with van der Waals surface area (Å²) < 4.78 is 39.3. The number of nitrogens with one attached hydrogen (secondary N) is 1. The zero-order valence-corrected chi connectivity index (χ0v) is 11.5. The fourth-order valence-electron chi connectivity index (χ4n) is 3.37. The molecule has 2 aliphatic rings. The van der Waals surface area contributed by atoms with Gasteiger partial charge in [0.15, 0.2) is 0 Å². The Balaban J connectivity index is 1.94. The van der Waals surface area contributed by atoms with E-state index in [2.05, 4.69) is 5.32 Å². The molecule has 1 N–H and O–H groups in total. The first-order valence-corrected chi connectivity index (χ1v) is 7.13. The molecule has 2 saturated heterocycles. The molecule has 0 atom stereocenters. The molecule has 0 aromatic heterocycles. The molecule has 0 saturated carbocycles. The SMILES string of the molecule is O=C1N(c2ccccc2C(F)(F)F)CCC12CCNCC2. The molecule has 2 heterocycles.